The Morgan fingerprint density at radius 3 is 2.81 bits per heavy atom. The van der Waals surface area contributed by atoms with Gasteiger partial charge in [-0.25, -0.2) is 4.98 Å². The number of primary amides is 1. The van der Waals surface area contributed by atoms with E-state index in [-0.39, 0.29) is 17.5 Å². The van der Waals surface area contributed by atoms with Crippen LogP contribution in [-0.4, -0.2) is 29.0 Å². The molecule has 21 heavy (non-hydrogen) atoms. The minimum absolute atomic E-state index is 0.0819. The number of carbonyl (C=O) groups is 1. The molecular formula is C16H26N4O. The molecule has 1 aliphatic heterocycles. The van der Waals surface area contributed by atoms with Crippen LogP contribution in [0.1, 0.15) is 44.7 Å². The molecular weight excluding hydrogens is 264 g/mol. The molecule has 5 nitrogen and oxygen atoms in total. The van der Waals surface area contributed by atoms with Crippen LogP contribution in [0, 0.1) is 6.92 Å². The lowest BCUT2D eigenvalue weighted by atomic mass is 10.1. The summed E-state index contributed by atoms with van der Waals surface area (Å²) in [6.07, 6.45) is 3.70. The molecule has 5 heteroatoms. The zero-order chi connectivity index (χ0) is 15.6. The van der Waals surface area contributed by atoms with Crippen LogP contribution in [-0.2, 0) is 11.3 Å². The minimum Gasteiger partial charge on any atom is -0.368 e. The lowest BCUT2D eigenvalue weighted by Gasteiger charge is -2.25. The van der Waals surface area contributed by atoms with E-state index in [0.29, 0.717) is 0 Å². The molecule has 1 amide bonds. The van der Waals surface area contributed by atoms with Gasteiger partial charge in [0, 0.05) is 24.8 Å². The van der Waals surface area contributed by atoms with Crippen molar-refractivity contribution in [3.63, 3.8) is 0 Å². The normalized spacial score (nSPS) is 19.0. The predicted octanol–water partition coefficient (Wildman–Crippen LogP) is 1.73. The van der Waals surface area contributed by atoms with E-state index >= 15 is 0 Å². The Morgan fingerprint density at radius 2 is 2.24 bits per heavy atom. The van der Waals surface area contributed by atoms with Gasteiger partial charge in [0.1, 0.15) is 11.9 Å². The highest BCUT2D eigenvalue weighted by molar-refractivity contribution is 5.84. The topological polar surface area (TPSA) is 71.2 Å². The third kappa shape index (κ3) is 3.94. The van der Waals surface area contributed by atoms with Gasteiger partial charge in [0.2, 0.25) is 5.91 Å². The van der Waals surface area contributed by atoms with Crippen molar-refractivity contribution in [1.82, 2.24) is 10.3 Å². The molecule has 1 aliphatic rings. The third-order valence-corrected chi connectivity index (χ3v) is 3.78. The van der Waals surface area contributed by atoms with Crippen molar-refractivity contribution in [2.24, 2.45) is 5.73 Å². The number of anilines is 1. The lowest BCUT2D eigenvalue weighted by molar-refractivity contribution is -0.119. The summed E-state index contributed by atoms with van der Waals surface area (Å²) in [5.41, 5.74) is 7.81. The molecule has 0 aliphatic carbocycles. The Morgan fingerprint density at radius 1 is 1.52 bits per heavy atom. The molecule has 2 heterocycles. The van der Waals surface area contributed by atoms with E-state index in [1.807, 2.05) is 18.0 Å². The SMILES string of the molecule is Cc1cc(CNC(C)(C)C)cnc1N1CCCC1C(N)=O. The largest absolute Gasteiger partial charge is 0.368 e. The Bertz CT molecular complexity index is 521. The Labute approximate surface area is 126 Å². The van der Waals surface area contributed by atoms with Crippen LogP contribution in [0.3, 0.4) is 0 Å². The number of aromatic nitrogens is 1. The average Bonchev–Trinajstić information content (AvgIpc) is 2.84. The van der Waals surface area contributed by atoms with E-state index in [2.05, 4.69) is 37.1 Å². The Balaban J connectivity index is 2.14. The second-order valence-corrected chi connectivity index (χ2v) is 6.84. The van der Waals surface area contributed by atoms with E-state index in [1.54, 1.807) is 0 Å². The number of rotatable bonds is 4. The maximum Gasteiger partial charge on any atom is 0.240 e. The van der Waals surface area contributed by atoms with Crippen LogP contribution in [0.15, 0.2) is 12.3 Å². The summed E-state index contributed by atoms with van der Waals surface area (Å²) in [6.45, 7) is 10.1. The van der Waals surface area contributed by atoms with E-state index in [4.69, 9.17) is 5.73 Å². The molecule has 2 rings (SSSR count). The lowest BCUT2D eigenvalue weighted by Crippen LogP contribution is -2.41. The number of hydrogen-bond acceptors (Lipinski definition) is 4. The van der Waals surface area contributed by atoms with Gasteiger partial charge < -0.3 is 16.0 Å². The molecule has 0 aromatic carbocycles. The first-order valence-electron chi connectivity index (χ1n) is 7.54. The number of amides is 1. The summed E-state index contributed by atoms with van der Waals surface area (Å²) in [4.78, 5) is 18.1. The Hall–Kier alpha value is -1.62. The van der Waals surface area contributed by atoms with Crippen LogP contribution < -0.4 is 16.0 Å². The van der Waals surface area contributed by atoms with Crippen LogP contribution in [0.5, 0.6) is 0 Å². The first kappa shape index (κ1) is 15.8. The van der Waals surface area contributed by atoms with Crippen molar-refractivity contribution in [2.75, 3.05) is 11.4 Å². The van der Waals surface area contributed by atoms with Crippen molar-refractivity contribution < 1.29 is 4.79 Å². The summed E-state index contributed by atoms with van der Waals surface area (Å²) >= 11 is 0. The molecule has 3 N–H and O–H groups in total. The number of hydrogen-bond donors (Lipinski definition) is 2. The number of carbonyl (C=O) groups excluding carboxylic acids is 1. The zero-order valence-corrected chi connectivity index (χ0v) is 13.4. The van der Waals surface area contributed by atoms with Gasteiger partial charge >= 0.3 is 0 Å². The maximum absolute atomic E-state index is 11.5. The number of nitrogens with one attached hydrogen (secondary N) is 1. The van der Waals surface area contributed by atoms with Gasteiger partial charge in [0.15, 0.2) is 0 Å². The van der Waals surface area contributed by atoms with Crippen LogP contribution in [0.2, 0.25) is 0 Å². The predicted molar refractivity (Wildman–Crippen MR) is 85.1 cm³/mol. The second kappa shape index (κ2) is 6.02. The maximum atomic E-state index is 11.5. The highest BCUT2D eigenvalue weighted by atomic mass is 16.1. The third-order valence-electron chi connectivity index (χ3n) is 3.78. The van der Waals surface area contributed by atoms with Crippen molar-refractivity contribution >= 4 is 11.7 Å². The first-order chi connectivity index (χ1) is 9.78. The molecule has 1 unspecified atom stereocenters. The van der Waals surface area contributed by atoms with Crippen LogP contribution in [0.25, 0.3) is 0 Å². The van der Waals surface area contributed by atoms with Gasteiger partial charge in [-0.1, -0.05) is 0 Å². The van der Waals surface area contributed by atoms with E-state index in [9.17, 15) is 4.79 Å². The molecule has 0 radical (unpaired) electrons. The van der Waals surface area contributed by atoms with Crippen molar-refractivity contribution in [3.8, 4) is 0 Å². The molecule has 0 saturated carbocycles. The monoisotopic (exact) mass is 290 g/mol. The van der Waals surface area contributed by atoms with Gasteiger partial charge in [-0.15, -0.1) is 0 Å². The van der Waals surface area contributed by atoms with Crippen LogP contribution in [0.4, 0.5) is 5.82 Å². The van der Waals surface area contributed by atoms with E-state index in [1.165, 1.54) is 0 Å². The molecule has 116 valence electrons. The van der Waals surface area contributed by atoms with Gasteiger partial charge in [-0.3, -0.25) is 4.79 Å². The fourth-order valence-electron chi connectivity index (χ4n) is 2.71. The highest BCUT2D eigenvalue weighted by Crippen LogP contribution is 2.26. The summed E-state index contributed by atoms with van der Waals surface area (Å²) in [7, 11) is 0. The van der Waals surface area contributed by atoms with E-state index in [0.717, 1.165) is 42.9 Å². The van der Waals surface area contributed by atoms with Gasteiger partial charge in [-0.2, -0.15) is 0 Å². The zero-order valence-electron chi connectivity index (χ0n) is 13.4. The fourth-order valence-corrected chi connectivity index (χ4v) is 2.71. The first-order valence-corrected chi connectivity index (χ1v) is 7.54. The van der Waals surface area contributed by atoms with Crippen LogP contribution >= 0.6 is 0 Å². The minimum atomic E-state index is -0.257. The quantitative estimate of drug-likeness (QED) is 0.886. The highest BCUT2D eigenvalue weighted by Gasteiger charge is 2.30. The van der Waals surface area contributed by atoms with E-state index < -0.39 is 0 Å². The average molecular weight is 290 g/mol. The standard InChI is InChI=1S/C16H26N4O/c1-11-8-12(10-19-16(2,3)4)9-18-15(11)20-7-5-6-13(20)14(17)21/h8-9,13,19H,5-7,10H2,1-4H3,(H2,17,21). The molecule has 1 fully saturated rings. The van der Waals surface area contributed by atoms with Crippen molar-refractivity contribution in [1.29, 1.82) is 0 Å². The summed E-state index contributed by atoms with van der Waals surface area (Å²) in [6, 6.07) is 1.92. The smallest absolute Gasteiger partial charge is 0.240 e. The van der Waals surface area contributed by atoms with Crippen molar-refractivity contribution in [2.45, 2.75) is 58.7 Å². The molecule has 1 aromatic rings. The number of nitrogens with two attached hydrogens (primary N) is 1. The van der Waals surface area contributed by atoms with Gasteiger partial charge in [0.25, 0.3) is 0 Å². The molecule has 1 aromatic heterocycles. The number of pyridine rings is 1. The number of aryl methyl sites for hydroxylation is 1. The summed E-state index contributed by atoms with van der Waals surface area (Å²) < 4.78 is 0. The van der Waals surface area contributed by atoms with Gasteiger partial charge in [-0.05, 0) is 57.7 Å². The summed E-state index contributed by atoms with van der Waals surface area (Å²) in [5.74, 6) is 0.628. The van der Waals surface area contributed by atoms with Gasteiger partial charge in [0.05, 0.1) is 0 Å². The Kier molecular flexibility index (Phi) is 4.52. The molecule has 1 saturated heterocycles. The number of nitrogens with zero attached hydrogens (tertiary/aromatic N) is 2. The van der Waals surface area contributed by atoms with Crippen molar-refractivity contribution in [3.05, 3.63) is 23.4 Å². The summed E-state index contributed by atoms with van der Waals surface area (Å²) in [5, 5.41) is 3.45. The molecule has 0 bridgehead atoms. The second-order valence-electron chi connectivity index (χ2n) is 6.84. The fraction of sp³-hybridized carbons (Fsp3) is 0.625. The molecule has 1 atom stereocenters. The molecule has 0 spiro atoms.